The van der Waals surface area contributed by atoms with Gasteiger partial charge in [0.05, 0.1) is 7.11 Å². The number of methoxy groups -OCH3 is 1. The lowest BCUT2D eigenvalue weighted by Gasteiger charge is -2.34. The van der Waals surface area contributed by atoms with Gasteiger partial charge >= 0.3 is 0 Å². The van der Waals surface area contributed by atoms with Gasteiger partial charge in [-0.25, -0.2) is 4.39 Å². The van der Waals surface area contributed by atoms with Crippen molar-refractivity contribution in [2.75, 3.05) is 14.2 Å². The van der Waals surface area contributed by atoms with E-state index in [9.17, 15) is 4.39 Å². The van der Waals surface area contributed by atoms with Crippen LogP contribution in [0.4, 0.5) is 4.39 Å². The van der Waals surface area contributed by atoms with E-state index in [1.165, 1.54) is 39.2 Å². The third-order valence-corrected chi connectivity index (χ3v) is 4.72. The molecule has 2 nitrogen and oxygen atoms in total. The molecule has 1 aliphatic carbocycles. The van der Waals surface area contributed by atoms with E-state index in [0.717, 1.165) is 11.5 Å². The van der Waals surface area contributed by atoms with E-state index in [0.29, 0.717) is 11.7 Å². The lowest BCUT2D eigenvalue weighted by atomic mass is 9.75. The Kier molecular flexibility index (Phi) is 5.41. The minimum Gasteiger partial charge on any atom is -0.494 e. The van der Waals surface area contributed by atoms with E-state index in [1.807, 2.05) is 13.1 Å². The van der Waals surface area contributed by atoms with Crippen LogP contribution in [0.3, 0.4) is 0 Å². The van der Waals surface area contributed by atoms with Crippen molar-refractivity contribution in [3.63, 3.8) is 0 Å². The molecule has 3 unspecified atom stereocenters. The van der Waals surface area contributed by atoms with Gasteiger partial charge in [0.25, 0.3) is 0 Å². The number of benzene rings is 1. The lowest BCUT2D eigenvalue weighted by Crippen LogP contribution is -2.29. The highest BCUT2D eigenvalue weighted by Crippen LogP contribution is 2.38. The maximum absolute atomic E-state index is 13.9. The van der Waals surface area contributed by atoms with Gasteiger partial charge in [0.1, 0.15) is 0 Å². The Hall–Kier alpha value is -1.09. The van der Waals surface area contributed by atoms with E-state index in [-0.39, 0.29) is 11.9 Å². The molecule has 1 N–H and O–H groups in total. The zero-order chi connectivity index (χ0) is 14.5. The summed E-state index contributed by atoms with van der Waals surface area (Å²) in [5.41, 5.74) is 1.03. The number of hydrogen-bond acceptors (Lipinski definition) is 2. The average molecular weight is 279 g/mol. The first-order chi connectivity index (χ1) is 9.69. The first-order valence-electron chi connectivity index (χ1n) is 7.70. The summed E-state index contributed by atoms with van der Waals surface area (Å²) in [4.78, 5) is 0. The van der Waals surface area contributed by atoms with Gasteiger partial charge in [0, 0.05) is 6.04 Å². The smallest absolute Gasteiger partial charge is 0.165 e. The highest BCUT2D eigenvalue weighted by Gasteiger charge is 2.28. The van der Waals surface area contributed by atoms with Crippen molar-refractivity contribution in [1.82, 2.24) is 5.32 Å². The monoisotopic (exact) mass is 279 g/mol. The molecule has 1 saturated carbocycles. The van der Waals surface area contributed by atoms with Gasteiger partial charge in [-0.1, -0.05) is 32.3 Å². The summed E-state index contributed by atoms with van der Waals surface area (Å²) < 4.78 is 18.9. The van der Waals surface area contributed by atoms with E-state index in [1.54, 1.807) is 12.1 Å². The Morgan fingerprint density at radius 2 is 2.20 bits per heavy atom. The summed E-state index contributed by atoms with van der Waals surface area (Å²) in [6.45, 7) is 2.27. The van der Waals surface area contributed by atoms with Gasteiger partial charge in [0.2, 0.25) is 0 Å². The fourth-order valence-corrected chi connectivity index (χ4v) is 3.56. The average Bonchev–Trinajstić information content (AvgIpc) is 2.48. The molecule has 1 aliphatic rings. The molecule has 1 aromatic rings. The van der Waals surface area contributed by atoms with Gasteiger partial charge in [-0.05, 0) is 49.4 Å². The third kappa shape index (κ3) is 3.32. The second kappa shape index (κ2) is 7.07. The Bertz CT molecular complexity index is 435. The third-order valence-electron chi connectivity index (χ3n) is 4.72. The number of ether oxygens (including phenoxy) is 1. The maximum Gasteiger partial charge on any atom is 0.165 e. The molecule has 112 valence electrons. The van der Waals surface area contributed by atoms with Crippen molar-refractivity contribution in [3.05, 3.63) is 29.6 Å². The minimum absolute atomic E-state index is 0.241. The fourth-order valence-electron chi connectivity index (χ4n) is 3.56. The van der Waals surface area contributed by atoms with Crippen LogP contribution in [0, 0.1) is 17.7 Å². The fraction of sp³-hybridized carbons (Fsp3) is 0.647. The molecular weight excluding hydrogens is 253 g/mol. The normalized spacial score (nSPS) is 24.4. The summed E-state index contributed by atoms with van der Waals surface area (Å²) in [5, 5.41) is 3.39. The highest BCUT2D eigenvalue weighted by molar-refractivity contribution is 5.31. The van der Waals surface area contributed by atoms with E-state index in [2.05, 4.69) is 12.2 Å². The summed E-state index contributed by atoms with van der Waals surface area (Å²) >= 11 is 0. The predicted molar refractivity (Wildman–Crippen MR) is 80.5 cm³/mol. The molecule has 0 amide bonds. The number of halogens is 1. The SMILES string of the molecule is CCC1CCCC(C(NC)c2ccc(OC)c(F)c2)C1. The summed E-state index contributed by atoms with van der Waals surface area (Å²) in [5.74, 6) is 1.48. The standard InChI is InChI=1S/C17H26FNO/c1-4-12-6-5-7-13(10-12)17(19-2)14-8-9-16(20-3)15(18)11-14/h8-9,11-13,17,19H,4-7,10H2,1-3H3. The van der Waals surface area contributed by atoms with Crippen molar-refractivity contribution >= 4 is 0 Å². The van der Waals surface area contributed by atoms with Crippen molar-refractivity contribution < 1.29 is 9.13 Å². The van der Waals surface area contributed by atoms with Gasteiger partial charge in [-0.3, -0.25) is 0 Å². The minimum atomic E-state index is -0.270. The lowest BCUT2D eigenvalue weighted by molar-refractivity contribution is 0.214. The molecule has 20 heavy (non-hydrogen) atoms. The molecule has 0 radical (unpaired) electrons. The van der Waals surface area contributed by atoms with Gasteiger partial charge in [-0.15, -0.1) is 0 Å². The summed E-state index contributed by atoms with van der Waals surface area (Å²) in [6, 6.07) is 5.58. The Morgan fingerprint density at radius 1 is 1.40 bits per heavy atom. The van der Waals surface area contributed by atoms with Crippen LogP contribution in [0.5, 0.6) is 5.75 Å². The molecule has 1 fully saturated rings. The largest absolute Gasteiger partial charge is 0.494 e. The molecule has 1 aromatic carbocycles. The van der Waals surface area contributed by atoms with Crippen molar-refractivity contribution in [3.8, 4) is 5.75 Å². The van der Waals surface area contributed by atoms with Crippen LogP contribution in [0.15, 0.2) is 18.2 Å². The second-order valence-electron chi connectivity index (χ2n) is 5.86. The number of nitrogens with one attached hydrogen (secondary N) is 1. The van der Waals surface area contributed by atoms with Crippen LogP contribution in [0.1, 0.15) is 50.6 Å². The molecule has 0 saturated heterocycles. The van der Waals surface area contributed by atoms with Gasteiger partial charge in [0.15, 0.2) is 11.6 Å². The van der Waals surface area contributed by atoms with Crippen molar-refractivity contribution in [2.45, 2.75) is 45.1 Å². The van der Waals surface area contributed by atoms with Gasteiger partial charge in [-0.2, -0.15) is 0 Å². The van der Waals surface area contributed by atoms with Crippen LogP contribution >= 0.6 is 0 Å². The highest BCUT2D eigenvalue weighted by atomic mass is 19.1. The predicted octanol–water partition coefficient (Wildman–Crippen LogP) is 4.31. The topological polar surface area (TPSA) is 21.3 Å². The number of rotatable bonds is 5. The van der Waals surface area contributed by atoms with Crippen LogP contribution in [0.2, 0.25) is 0 Å². The maximum atomic E-state index is 13.9. The molecule has 3 heteroatoms. The quantitative estimate of drug-likeness (QED) is 0.867. The van der Waals surface area contributed by atoms with Gasteiger partial charge < -0.3 is 10.1 Å². The Labute approximate surface area is 121 Å². The van der Waals surface area contributed by atoms with Crippen molar-refractivity contribution in [1.29, 1.82) is 0 Å². The Morgan fingerprint density at radius 3 is 2.80 bits per heavy atom. The first kappa shape index (κ1) is 15.3. The van der Waals surface area contributed by atoms with E-state index >= 15 is 0 Å². The summed E-state index contributed by atoms with van der Waals surface area (Å²) in [7, 11) is 3.48. The molecule has 0 aromatic heterocycles. The molecule has 2 rings (SSSR count). The number of hydrogen-bond donors (Lipinski definition) is 1. The van der Waals surface area contributed by atoms with Crippen LogP contribution < -0.4 is 10.1 Å². The molecule has 0 spiro atoms. The summed E-state index contributed by atoms with van der Waals surface area (Å²) in [6.07, 6.45) is 6.37. The zero-order valence-electron chi connectivity index (χ0n) is 12.8. The van der Waals surface area contributed by atoms with E-state index in [4.69, 9.17) is 4.74 Å². The molecule has 0 heterocycles. The molecule has 3 atom stereocenters. The zero-order valence-corrected chi connectivity index (χ0v) is 12.8. The second-order valence-corrected chi connectivity index (χ2v) is 5.86. The Balaban J connectivity index is 2.16. The molecule has 0 aliphatic heterocycles. The molecule has 0 bridgehead atoms. The molecular formula is C17H26FNO. The van der Waals surface area contributed by atoms with E-state index < -0.39 is 0 Å². The van der Waals surface area contributed by atoms with Crippen molar-refractivity contribution in [2.24, 2.45) is 11.8 Å². The first-order valence-corrected chi connectivity index (χ1v) is 7.70. The van der Waals surface area contributed by atoms with Crippen LogP contribution in [-0.2, 0) is 0 Å². The van der Waals surface area contributed by atoms with Crippen LogP contribution in [-0.4, -0.2) is 14.2 Å². The van der Waals surface area contributed by atoms with Crippen LogP contribution in [0.25, 0.3) is 0 Å².